The number of nitrogens with zero attached hydrogens (tertiary/aromatic N) is 2. The molecule has 0 saturated carbocycles. The van der Waals surface area contributed by atoms with Crippen molar-refractivity contribution < 1.29 is 24.4 Å². The monoisotopic (exact) mass is 399 g/mol. The second kappa shape index (κ2) is 7.92. The van der Waals surface area contributed by atoms with Crippen molar-refractivity contribution in [1.82, 2.24) is 5.32 Å². The highest BCUT2D eigenvalue weighted by molar-refractivity contribution is 8.18. The van der Waals surface area contributed by atoms with Gasteiger partial charge in [-0.05, 0) is 41.6 Å². The Morgan fingerprint density at radius 3 is 2.82 bits per heavy atom. The molecule has 0 atom stereocenters. The molecule has 9 nitrogen and oxygen atoms in total. The van der Waals surface area contributed by atoms with E-state index in [1.807, 2.05) is 0 Å². The highest BCUT2D eigenvalue weighted by Gasteiger charge is 2.24. The fourth-order valence-electron chi connectivity index (χ4n) is 2.34. The van der Waals surface area contributed by atoms with Gasteiger partial charge in [-0.25, -0.2) is 9.79 Å². The first-order chi connectivity index (χ1) is 13.4. The molecule has 2 aromatic rings. The number of esters is 1. The van der Waals surface area contributed by atoms with E-state index in [0.29, 0.717) is 16.2 Å². The Morgan fingerprint density at radius 1 is 1.32 bits per heavy atom. The number of phenolic OH excluding ortho intramolecular Hbond substituents is 1. The molecule has 1 saturated heterocycles. The SMILES string of the molecule is COC(=O)c1cc(N=C2NC(=O)/C(=C/c3cccc([N+](=O)[O-])c3)S2)ccc1O. The van der Waals surface area contributed by atoms with Crippen LogP contribution in [0.25, 0.3) is 6.08 Å². The summed E-state index contributed by atoms with van der Waals surface area (Å²) in [5, 5.41) is 23.4. The molecule has 1 amide bonds. The Hall–Kier alpha value is -3.66. The summed E-state index contributed by atoms with van der Waals surface area (Å²) >= 11 is 1.05. The molecule has 28 heavy (non-hydrogen) atoms. The number of nitrogens with one attached hydrogen (secondary N) is 1. The van der Waals surface area contributed by atoms with Crippen molar-refractivity contribution in [2.45, 2.75) is 0 Å². The van der Waals surface area contributed by atoms with Crippen molar-refractivity contribution in [2.24, 2.45) is 4.99 Å². The molecule has 0 aromatic heterocycles. The van der Waals surface area contributed by atoms with Gasteiger partial charge in [-0.3, -0.25) is 14.9 Å². The van der Waals surface area contributed by atoms with Crippen LogP contribution in [-0.2, 0) is 9.53 Å². The van der Waals surface area contributed by atoms with Gasteiger partial charge in [0.15, 0.2) is 5.17 Å². The van der Waals surface area contributed by atoms with E-state index in [1.165, 1.54) is 49.6 Å². The van der Waals surface area contributed by atoms with Crippen molar-refractivity contribution in [3.63, 3.8) is 0 Å². The molecule has 2 N–H and O–H groups in total. The zero-order valence-electron chi connectivity index (χ0n) is 14.4. The average molecular weight is 399 g/mol. The van der Waals surface area contributed by atoms with Gasteiger partial charge in [0.25, 0.3) is 11.6 Å². The van der Waals surface area contributed by atoms with Crippen LogP contribution in [0.15, 0.2) is 52.4 Å². The average Bonchev–Trinajstić information content (AvgIpc) is 3.01. The number of hydrogen-bond donors (Lipinski definition) is 2. The van der Waals surface area contributed by atoms with Crippen LogP contribution >= 0.6 is 11.8 Å². The molecular formula is C18H13N3O6S. The number of amides is 1. The third-order valence-electron chi connectivity index (χ3n) is 3.65. The second-order valence-corrected chi connectivity index (χ2v) is 6.56. The number of benzene rings is 2. The zero-order valence-corrected chi connectivity index (χ0v) is 15.2. The summed E-state index contributed by atoms with van der Waals surface area (Å²) in [7, 11) is 1.19. The number of hydrogen-bond acceptors (Lipinski definition) is 8. The van der Waals surface area contributed by atoms with Gasteiger partial charge in [0.2, 0.25) is 0 Å². The lowest BCUT2D eigenvalue weighted by atomic mass is 10.2. The first kappa shape index (κ1) is 19.1. The normalized spacial score (nSPS) is 16.2. The molecular weight excluding hydrogens is 386 g/mol. The molecule has 0 aliphatic carbocycles. The smallest absolute Gasteiger partial charge is 0.341 e. The third kappa shape index (κ3) is 4.18. The Bertz CT molecular complexity index is 1050. The van der Waals surface area contributed by atoms with Crippen LogP contribution in [0.1, 0.15) is 15.9 Å². The van der Waals surface area contributed by atoms with Crippen molar-refractivity contribution in [3.05, 3.63) is 68.6 Å². The van der Waals surface area contributed by atoms with Crippen LogP contribution in [0.5, 0.6) is 5.75 Å². The molecule has 1 fully saturated rings. The van der Waals surface area contributed by atoms with Gasteiger partial charge in [0.1, 0.15) is 11.3 Å². The number of non-ortho nitro benzene ring substituents is 1. The number of carbonyl (C=O) groups is 2. The molecule has 0 unspecified atom stereocenters. The molecule has 0 radical (unpaired) electrons. The van der Waals surface area contributed by atoms with Crippen LogP contribution in [0.3, 0.4) is 0 Å². The van der Waals surface area contributed by atoms with Crippen LogP contribution in [0.4, 0.5) is 11.4 Å². The number of methoxy groups -OCH3 is 1. The number of carbonyl (C=O) groups excluding carboxylic acids is 2. The first-order valence-electron chi connectivity index (χ1n) is 7.83. The van der Waals surface area contributed by atoms with E-state index in [4.69, 9.17) is 0 Å². The number of ether oxygens (including phenoxy) is 1. The van der Waals surface area contributed by atoms with Crippen LogP contribution in [0, 0.1) is 10.1 Å². The molecule has 0 spiro atoms. The number of aromatic hydroxyl groups is 1. The van der Waals surface area contributed by atoms with E-state index < -0.39 is 16.8 Å². The van der Waals surface area contributed by atoms with Gasteiger partial charge < -0.3 is 15.2 Å². The maximum absolute atomic E-state index is 12.1. The van der Waals surface area contributed by atoms with E-state index in [9.17, 15) is 24.8 Å². The lowest BCUT2D eigenvalue weighted by Gasteiger charge is -2.03. The predicted molar refractivity (Wildman–Crippen MR) is 103 cm³/mol. The summed E-state index contributed by atoms with van der Waals surface area (Å²) in [5.41, 5.74) is 0.709. The molecule has 3 rings (SSSR count). The quantitative estimate of drug-likeness (QED) is 0.350. The number of amidine groups is 1. The number of nitro benzene ring substituents is 1. The lowest BCUT2D eigenvalue weighted by Crippen LogP contribution is -2.19. The third-order valence-corrected chi connectivity index (χ3v) is 4.56. The van der Waals surface area contributed by atoms with Crippen molar-refractivity contribution in [2.75, 3.05) is 7.11 Å². The maximum Gasteiger partial charge on any atom is 0.341 e. The highest BCUT2D eigenvalue weighted by Crippen LogP contribution is 2.30. The summed E-state index contributed by atoms with van der Waals surface area (Å²) in [6, 6.07) is 10.0. The minimum atomic E-state index is -0.714. The Kier molecular flexibility index (Phi) is 5.41. The van der Waals surface area contributed by atoms with Crippen molar-refractivity contribution >= 4 is 46.3 Å². The van der Waals surface area contributed by atoms with Gasteiger partial charge >= 0.3 is 5.97 Å². The van der Waals surface area contributed by atoms with E-state index in [-0.39, 0.29) is 22.2 Å². The summed E-state index contributed by atoms with van der Waals surface area (Å²) in [6.45, 7) is 0. The Morgan fingerprint density at radius 2 is 2.11 bits per heavy atom. The molecule has 142 valence electrons. The van der Waals surface area contributed by atoms with E-state index in [2.05, 4.69) is 15.0 Å². The van der Waals surface area contributed by atoms with Crippen LogP contribution in [-0.4, -0.2) is 34.2 Å². The number of rotatable bonds is 4. The van der Waals surface area contributed by atoms with E-state index >= 15 is 0 Å². The van der Waals surface area contributed by atoms with Gasteiger partial charge in [-0.15, -0.1) is 0 Å². The Labute approximate surface area is 162 Å². The van der Waals surface area contributed by atoms with Gasteiger partial charge in [0, 0.05) is 12.1 Å². The predicted octanol–water partition coefficient (Wildman–Crippen LogP) is 2.98. The minimum Gasteiger partial charge on any atom is -0.507 e. The fourth-order valence-corrected chi connectivity index (χ4v) is 3.19. The number of nitro groups is 1. The molecule has 1 aliphatic heterocycles. The number of aliphatic imine (C=N–C) groups is 1. The highest BCUT2D eigenvalue weighted by atomic mass is 32.2. The molecule has 1 heterocycles. The summed E-state index contributed by atoms with van der Waals surface area (Å²) in [6.07, 6.45) is 1.52. The number of thioether (sulfide) groups is 1. The first-order valence-corrected chi connectivity index (χ1v) is 8.64. The van der Waals surface area contributed by atoms with Gasteiger partial charge in [-0.1, -0.05) is 12.1 Å². The topological polar surface area (TPSA) is 131 Å². The summed E-state index contributed by atoms with van der Waals surface area (Å²) in [4.78, 5) is 38.7. The molecule has 2 aromatic carbocycles. The minimum absolute atomic E-state index is 0.0500. The maximum atomic E-state index is 12.1. The van der Waals surface area contributed by atoms with Gasteiger partial charge in [-0.2, -0.15) is 0 Å². The fraction of sp³-hybridized carbons (Fsp3) is 0.0556. The lowest BCUT2D eigenvalue weighted by molar-refractivity contribution is -0.384. The molecule has 10 heteroatoms. The van der Waals surface area contributed by atoms with Crippen molar-refractivity contribution in [3.8, 4) is 5.75 Å². The molecule has 0 bridgehead atoms. The van der Waals surface area contributed by atoms with Gasteiger partial charge in [0.05, 0.1) is 22.6 Å². The van der Waals surface area contributed by atoms with E-state index in [1.54, 1.807) is 6.07 Å². The van der Waals surface area contributed by atoms with Crippen LogP contribution in [0.2, 0.25) is 0 Å². The number of phenols is 1. The Balaban J connectivity index is 1.86. The van der Waals surface area contributed by atoms with Crippen LogP contribution < -0.4 is 5.32 Å². The summed E-state index contributed by atoms with van der Waals surface area (Å²) < 4.78 is 4.59. The summed E-state index contributed by atoms with van der Waals surface area (Å²) in [5.74, 6) is -1.36. The van der Waals surface area contributed by atoms with Crippen molar-refractivity contribution in [1.29, 1.82) is 0 Å². The largest absolute Gasteiger partial charge is 0.507 e. The zero-order chi connectivity index (χ0) is 20.3. The standard InChI is InChI=1S/C18H13N3O6S/c1-27-17(24)13-9-11(5-6-14(13)22)19-18-20-16(23)15(28-18)8-10-3-2-4-12(7-10)21(25)26/h2-9,22H,1H3,(H,19,20,23)/b15-8-. The molecule has 1 aliphatic rings. The van der Waals surface area contributed by atoms with E-state index in [0.717, 1.165) is 11.8 Å². The second-order valence-electron chi connectivity index (χ2n) is 5.53.